The number of hydrogen-bond acceptors (Lipinski definition) is 4. The van der Waals surface area contributed by atoms with Gasteiger partial charge in [0.25, 0.3) is 5.91 Å². The highest BCUT2D eigenvalue weighted by Gasteiger charge is 2.19. The van der Waals surface area contributed by atoms with Gasteiger partial charge in [0.2, 0.25) is 0 Å². The Morgan fingerprint density at radius 3 is 2.65 bits per heavy atom. The van der Waals surface area contributed by atoms with Crippen molar-refractivity contribution in [3.63, 3.8) is 0 Å². The van der Waals surface area contributed by atoms with E-state index in [1.165, 1.54) is 17.9 Å². The van der Waals surface area contributed by atoms with Crippen LogP contribution in [0.25, 0.3) is 0 Å². The Kier molecular flexibility index (Phi) is 4.47. The Hall–Kier alpha value is -1.20. The fraction of sp³-hybridized carbons (Fsp3) is 0.533. The van der Waals surface area contributed by atoms with Crippen LogP contribution in [-0.4, -0.2) is 54.7 Å². The molecule has 0 aliphatic carbocycles. The van der Waals surface area contributed by atoms with Crippen molar-refractivity contribution in [3.05, 3.63) is 29.8 Å². The van der Waals surface area contributed by atoms with Crippen LogP contribution in [-0.2, 0) is 4.74 Å². The summed E-state index contributed by atoms with van der Waals surface area (Å²) in [5.74, 6) is 2.52. The van der Waals surface area contributed by atoms with E-state index in [-0.39, 0.29) is 5.91 Å². The molecule has 2 fully saturated rings. The second kappa shape index (κ2) is 6.50. The average Bonchev–Trinajstić information content (AvgIpc) is 3.01. The van der Waals surface area contributed by atoms with Crippen molar-refractivity contribution < 1.29 is 9.53 Å². The molecule has 5 heteroatoms. The molecule has 1 amide bonds. The molecule has 0 aromatic heterocycles. The Labute approximate surface area is 123 Å². The van der Waals surface area contributed by atoms with Crippen LogP contribution in [0.15, 0.2) is 24.3 Å². The molecule has 0 saturated carbocycles. The summed E-state index contributed by atoms with van der Waals surface area (Å²) in [6.45, 7) is 2.67. The lowest BCUT2D eigenvalue weighted by molar-refractivity contribution is 0.0303. The summed E-state index contributed by atoms with van der Waals surface area (Å²) < 4.78 is 5.27. The van der Waals surface area contributed by atoms with Gasteiger partial charge in [-0.15, -0.1) is 0 Å². The maximum atomic E-state index is 12.3. The highest BCUT2D eigenvalue weighted by atomic mass is 32.2. The normalized spacial score (nSPS) is 22.8. The van der Waals surface area contributed by atoms with E-state index < -0.39 is 0 Å². The van der Waals surface area contributed by atoms with Gasteiger partial charge in [0.05, 0.1) is 13.2 Å². The predicted molar refractivity (Wildman–Crippen MR) is 82.5 cm³/mol. The Bertz CT molecular complexity index is 451. The van der Waals surface area contributed by atoms with Crippen LogP contribution in [0.1, 0.15) is 16.8 Å². The lowest BCUT2D eigenvalue weighted by atomic mass is 10.1. The molecule has 20 heavy (non-hydrogen) atoms. The van der Waals surface area contributed by atoms with Crippen LogP contribution in [0.5, 0.6) is 0 Å². The van der Waals surface area contributed by atoms with Crippen molar-refractivity contribution in [2.24, 2.45) is 0 Å². The molecular formula is C15H20N2O2S. The van der Waals surface area contributed by atoms with Gasteiger partial charge in [-0.1, -0.05) is 0 Å². The van der Waals surface area contributed by atoms with Gasteiger partial charge in [0, 0.05) is 36.1 Å². The molecule has 0 radical (unpaired) electrons. The smallest absolute Gasteiger partial charge is 0.254 e. The van der Waals surface area contributed by atoms with Crippen molar-refractivity contribution in [2.75, 3.05) is 43.1 Å². The molecule has 2 saturated heterocycles. The van der Waals surface area contributed by atoms with Crippen molar-refractivity contribution in [2.45, 2.75) is 12.5 Å². The minimum absolute atomic E-state index is 0.108. The first kappa shape index (κ1) is 13.8. The third-order valence-corrected chi connectivity index (χ3v) is 4.89. The number of hydrogen-bond donors (Lipinski definition) is 1. The van der Waals surface area contributed by atoms with Crippen molar-refractivity contribution in [3.8, 4) is 0 Å². The second-order valence-electron chi connectivity index (χ2n) is 5.19. The van der Waals surface area contributed by atoms with Crippen LogP contribution in [0.3, 0.4) is 0 Å². The Morgan fingerprint density at radius 1 is 1.25 bits per heavy atom. The minimum Gasteiger partial charge on any atom is -0.381 e. The first-order chi connectivity index (χ1) is 9.83. The molecule has 1 N–H and O–H groups in total. The monoisotopic (exact) mass is 292 g/mol. The predicted octanol–water partition coefficient (Wildman–Crippen LogP) is 2.08. The summed E-state index contributed by atoms with van der Waals surface area (Å²) in [6, 6.07) is 8.43. The highest BCUT2D eigenvalue weighted by Crippen LogP contribution is 2.21. The molecule has 1 aromatic carbocycles. The molecular weight excluding hydrogens is 272 g/mol. The van der Waals surface area contributed by atoms with E-state index >= 15 is 0 Å². The van der Waals surface area contributed by atoms with Gasteiger partial charge in [0.15, 0.2) is 0 Å². The number of nitrogens with one attached hydrogen (secondary N) is 1. The quantitative estimate of drug-likeness (QED) is 0.926. The van der Waals surface area contributed by atoms with Crippen LogP contribution in [0.4, 0.5) is 5.69 Å². The number of morpholine rings is 1. The number of ether oxygens (including phenoxy) is 1. The first-order valence-electron chi connectivity index (χ1n) is 7.14. The summed E-state index contributed by atoms with van der Waals surface area (Å²) in [5.41, 5.74) is 1.87. The molecule has 0 unspecified atom stereocenters. The zero-order valence-corrected chi connectivity index (χ0v) is 12.3. The molecule has 0 bridgehead atoms. The number of carbonyl (C=O) groups excluding carboxylic acids is 1. The maximum Gasteiger partial charge on any atom is 0.254 e. The highest BCUT2D eigenvalue weighted by molar-refractivity contribution is 7.99. The molecule has 1 aromatic rings. The summed E-state index contributed by atoms with van der Waals surface area (Å²) in [6.07, 6.45) is 1.22. The summed E-state index contributed by atoms with van der Waals surface area (Å²) in [5, 5.41) is 3.52. The van der Waals surface area contributed by atoms with Crippen molar-refractivity contribution in [1.29, 1.82) is 0 Å². The lowest BCUT2D eigenvalue weighted by Crippen LogP contribution is -2.40. The van der Waals surface area contributed by atoms with Gasteiger partial charge < -0.3 is 15.0 Å². The molecule has 3 rings (SSSR count). The number of amides is 1. The number of benzene rings is 1. The van der Waals surface area contributed by atoms with E-state index in [2.05, 4.69) is 5.32 Å². The van der Waals surface area contributed by atoms with Crippen LogP contribution < -0.4 is 5.32 Å². The van der Waals surface area contributed by atoms with Crippen molar-refractivity contribution >= 4 is 23.4 Å². The van der Waals surface area contributed by atoms with Gasteiger partial charge in [-0.05, 0) is 36.4 Å². The maximum absolute atomic E-state index is 12.3. The second-order valence-corrected chi connectivity index (χ2v) is 6.34. The first-order valence-corrected chi connectivity index (χ1v) is 8.30. The van der Waals surface area contributed by atoms with E-state index in [9.17, 15) is 4.79 Å². The van der Waals surface area contributed by atoms with Crippen molar-refractivity contribution in [1.82, 2.24) is 4.90 Å². The van der Waals surface area contributed by atoms with Crippen LogP contribution in [0, 0.1) is 0 Å². The van der Waals surface area contributed by atoms with Gasteiger partial charge in [-0.3, -0.25) is 4.79 Å². The van der Waals surface area contributed by atoms with Crippen LogP contribution >= 0.6 is 11.8 Å². The minimum atomic E-state index is 0.108. The largest absolute Gasteiger partial charge is 0.381 e. The van der Waals surface area contributed by atoms with Gasteiger partial charge >= 0.3 is 0 Å². The number of rotatable bonds is 3. The molecule has 4 nitrogen and oxygen atoms in total. The average molecular weight is 292 g/mol. The van der Waals surface area contributed by atoms with Crippen LogP contribution in [0.2, 0.25) is 0 Å². The number of nitrogens with zero attached hydrogens (tertiary/aromatic N) is 1. The molecule has 0 spiro atoms. The van der Waals surface area contributed by atoms with E-state index in [4.69, 9.17) is 4.74 Å². The molecule has 2 heterocycles. The van der Waals surface area contributed by atoms with E-state index in [1.54, 1.807) is 0 Å². The number of carbonyl (C=O) groups is 1. The number of thioether (sulfide) groups is 1. The molecule has 2 aliphatic rings. The fourth-order valence-corrected chi connectivity index (χ4v) is 3.69. The summed E-state index contributed by atoms with van der Waals surface area (Å²) >= 11 is 1.99. The van der Waals surface area contributed by atoms with Gasteiger partial charge in [0.1, 0.15) is 0 Å². The standard InChI is InChI=1S/C15H20N2O2S/c18-15(17-6-8-19-9-7-17)12-1-3-13(4-2-12)16-14-5-10-20-11-14/h1-4,14,16H,5-11H2/t14-/m1/s1. The Balaban J connectivity index is 1.61. The third kappa shape index (κ3) is 3.27. The zero-order valence-electron chi connectivity index (χ0n) is 11.5. The summed E-state index contributed by atoms with van der Waals surface area (Å²) in [4.78, 5) is 14.2. The van der Waals surface area contributed by atoms with E-state index in [0.717, 1.165) is 11.3 Å². The SMILES string of the molecule is O=C(c1ccc(N[C@@H]2CCSC2)cc1)N1CCOCC1. The molecule has 108 valence electrons. The van der Waals surface area contributed by atoms with Gasteiger partial charge in [-0.2, -0.15) is 11.8 Å². The van der Waals surface area contributed by atoms with E-state index in [1.807, 2.05) is 40.9 Å². The summed E-state index contributed by atoms with van der Waals surface area (Å²) in [7, 11) is 0. The van der Waals surface area contributed by atoms with E-state index in [0.29, 0.717) is 32.3 Å². The zero-order chi connectivity index (χ0) is 13.8. The third-order valence-electron chi connectivity index (χ3n) is 3.73. The fourth-order valence-electron chi connectivity index (χ4n) is 2.54. The van der Waals surface area contributed by atoms with Gasteiger partial charge in [-0.25, -0.2) is 0 Å². The Morgan fingerprint density at radius 2 is 2.00 bits per heavy atom. The molecule has 1 atom stereocenters. The number of anilines is 1. The lowest BCUT2D eigenvalue weighted by Gasteiger charge is -2.27. The topological polar surface area (TPSA) is 41.6 Å². The molecule has 2 aliphatic heterocycles.